The maximum Gasteiger partial charge on any atom is 0.278 e. The zero-order valence-corrected chi connectivity index (χ0v) is 11.9. The van der Waals surface area contributed by atoms with Crippen molar-refractivity contribution in [2.75, 3.05) is 0 Å². The number of aromatic nitrogens is 2. The van der Waals surface area contributed by atoms with E-state index in [0.717, 1.165) is 12.8 Å². The highest BCUT2D eigenvalue weighted by molar-refractivity contribution is 6.00. The van der Waals surface area contributed by atoms with Crippen LogP contribution in [0.3, 0.4) is 0 Å². The van der Waals surface area contributed by atoms with Crippen LogP contribution in [0.4, 0.5) is 8.78 Å². The van der Waals surface area contributed by atoms with Gasteiger partial charge in [-0.25, -0.2) is 13.8 Å². The summed E-state index contributed by atoms with van der Waals surface area (Å²) in [4.78, 5) is 16.5. The number of hydrogen-bond donors (Lipinski definition) is 1. The molecule has 0 unspecified atom stereocenters. The summed E-state index contributed by atoms with van der Waals surface area (Å²) in [5, 5.41) is 2.92. The zero-order valence-electron chi connectivity index (χ0n) is 11.9. The van der Waals surface area contributed by atoms with Gasteiger partial charge >= 0.3 is 0 Å². The van der Waals surface area contributed by atoms with Crippen molar-refractivity contribution in [3.05, 3.63) is 35.3 Å². The molecule has 1 aliphatic rings. The van der Waals surface area contributed by atoms with Crippen LogP contribution >= 0.6 is 0 Å². The van der Waals surface area contributed by atoms with Gasteiger partial charge in [-0.2, -0.15) is 0 Å². The smallest absolute Gasteiger partial charge is 0.278 e. The molecule has 6 heteroatoms. The van der Waals surface area contributed by atoms with E-state index in [4.69, 9.17) is 0 Å². The van der Waals surface area contributed by atoms with E-state index in [1.54, 1.807) is 13.0 Å². The van der Waals surface area contributed by atoms with Gasteiger partial charge in [0.25, 0.3) is 12.3 Å². The molecule has 2 aromatic rings. The largest absolute Gasteiger partial charge is 0.349 e. The molecule has 0 bridgehead atoms. The third-order valence-corrected chi connectivity index (χ3v) is 3.93. The number of rotatable bonds is 4. The molecule has 0 radical (unpaired) electrons. The van der Waals surface area contributed by atoms with E-state index < -0.39 is 6.43 Å². The topological polar surface area (TPSA) is 46.4 Å². The lowest BCUT2D eigenvalue weighted by atomic mass is 10.2. The molecule has 4 nitrogen and oxygen atoms in total. The molecule has 0 aliphatic heterocycles. The molecule has 0 saturated heterocycles. The maximum absolute atomic E-state index is 13.1. The highest BCUT2D eigenvalue weighted by atomic mass is 19.3. The Bertz CT molecular complexity index is 692. The van der Waals surface area contributed by atoms with Gasteiger partial charge in [0.2, 0.25) is 0 Å². The van der Waals surface area contributed by atoms with Crippen LogP contribution in [-0.4, -0.2) is 21.3 Å². The normalized spacial score (nSPS) is 16.4. The Morgan fingerprint density at radius 1 is 1.48 bits per heavy atom. The molecule has 0 spiro atoms. The minimum atomic E-state index is -2.61. The van der Waals surface area contributed by atoms with Gasteiger partial charge in [0.1, 0.15) is 5.65 Å². The average molecular weight is 293 g/mol. The number of hydrogen-bond acceptors (Lipinski definition) is 2. The maximum atomic E-state index is 13.1. The SMILES string of the molecule is Cc1cc(C(F)F)n2ccc(C(=O)N[C@@H](C)C3CC3)c2n1. The number of alkyl halides is 2. The summed E-state index contributed by atoms with van der Waals surface area (Å²) in [6.07, 6.45) is 1.12. The third kappa shape index (κ3) is 2.62. The molecular formula is C15H17F2N3O. The van der Waals surface area contributed by atoms with E-state index in [0.29, 0.717) is 17.2 Å². The first-order valence-corrected chi connectivity index (χ1v) is 7.05. The van der Waals surface area contributed by atoms with Crippen LogP contribution in [0.2, 0.25) is 0 Å². The summed E-state index contributed by atoms with van der Waals surface area (Å²) >= 11 is 0. The van der Waals surface area contributed by atoms with Crippen molar-refractivity contribution in [1.29, 1.82) is 0 Å². The van der Waals surface area contributed by atoms with Crippen LogP contribution in [0.25, 0.3) is 5.65 Å². The van der Waals surface area contributed by atoms with Gasteiger partial charge in [-0.3, -0.25) is 9.20 Å². The molecule has 3 rings (SSSR count). The summed E-state index contributed by atoms with van der Waals surface area (Å²) in [5.74, 6) is 0.282. The van der Waals surface area contributed by atoms with Crippen LogP contribution < -0.4 is 5.32 Å². The Kier molecular flexibility index (Phi) is 3.39. The first-order chi connectivity index (χ1) is 9.97. The fourth-order valence-corrected chi connectivity index (χ4v) is 2.57. The van der Waals surface area contributed by atoms with Crippen LogP contribution in [0.1, 0.15) is 47.9 Å². The quantitative estimate of drug-likeness (QED) is 0.941. The highest BCUT2D eigenvalue weighted by Crippen LogP contribution is 2.32. The van der Waals surface area contributed by atoms with Crippen LogP contribution in [0.15, 0.2) is 18.3 Å². The minimum absolute atomic E-state index is 0.104. The molecule has 112 valence electrons. The summed E-state index contributed by atoms with van der Waals surface area (Å²) in [7, 11) is 0. The number of halogens is 2. The average Bonchev–Trinajstić information content (AvgIpc) is 3.18. The molecule has 1 aliphatic carbocycles. The molecule has 2 aromatic heterocycles. The molecule has 1 saturated carbocycles. The first-order valence-electron chi connectivity index (χ1n) is 7.05. The molecule has 1 N–H and O–H groups in total. The molecule has 1 amide bonds. The number of carbonyl (C=O) groups is 1. The minimum Gasteiger partial charge on any atom is -0.349 e. The molecule has 2 heterocycles. The van der Waals surface area contributed by atoms with Crippen molar-refractivity contribution in [3.63, 3.8) is 0 Å². The Morgan fingerprint density at radius 3 is 2.81 bits per heavy atom. The molecular weight excluding hydrogens is 276 g/mol. The van der Waals surface area contributed by atoms with Gasteiger partial charge in [-0.05, 0) is 44.7 Å². The number of carbonyl (C=O) groups excluding carboxylic acids is 1. The number of aryl methyl sites for hydroxylation is 1. The number of fused-ring (bicyclic) bond motifs is 1. The second-order valence-corrected chi connectivity index (χ2v) is 5.65. The van der Waals surface area contributed by atoms with Gasteiger partial charge in [-0.15, -0.1) is 0 Å². The predicted octanol–water partition coefficient (Wildman–Crippen LogP) is 3.11. The van der Waals surface area contributed by atoms with Gasteiger partial charge in [0.15, 0.2) is 0 Å². The summed E-state index contributed by atoms with van der Waals surface area (Å²) in [6.45, 7) is 3.62. The number of amides is 1. The summed E-state index contributed by atoms with van der Waals surface area (Å²) < 4.78 is 27.4. The van der Waals surface area contributed by atoms with Crippen molar-refractivity contribution >= 4 is 11.6 Å². The predicted molar refractivity (Wildman–Crippen MR) is 74.5 cm³/mol. The fraction of sp³-hybridized carbons (Fsp3) is 0.467. The summed E-state index contributed by atoms with van der Waals surface area (Å²) in [5.41, 5.74) is 0.950. The first kappa shape index (κ1) is 14.0. The Morgan fingerprint density at radius 2 is 2.19 bits per heavy atom. The molecule has 1 fully saturated rings. The van der Waals surface area contributed by atoms with Gasteiger partial charge in [0.05, 0.1) is 11.3 Å². The molecule has 21 heavy (non-hydrogen) atoms. The molecule has 0 aromatic carbocycles. The van der Waals surface area contributed by atoms with E-state index in [9.17, 15) is 13.6 Å². The Hall–Kier alpha value is -1.98. The number of nitrogens with one attached hydrogen (secondary N) is 1. The lowest BCUT2D eigenvalue weighted by molar-refractivity contribution is 0.0937. The number of nitrogens with zero attached hydrogens (tertiary/aromatic N) is 2. The van der Waals surface area contributed by atoms with E-state index in [1.807, 2.05) is 6.92 Å². The standard InChI is InChI=1S/C15H17F2N3O/c1-8-7-12(13(16)17)20-6-5-11(14(20)18-8)15(21)19-9(2)10-3-4-10/h5-7,9-10,13H,3-4H2,1-2H3,(H,19,21)/t9-/m0/s1. The van der Waals surface area contributed by atoms with E-state index in [2.05, 4.69) is 10.3 Å². The van der Waals surface area contributed by atoms with Crippen LogP contribution in [0, 0.1) is 12.8 Å². The Balaban J connectivity index is 1.97. The third-order valence-electron chi connectivity index (χ3n) is 3.93. The highest BCUT2D eigenvalue weighted by Gasteiger charge is 2.29. The van der Waals surface area contributed by atoms with Gasteiger partial charge in [0, 0.05) is 17.9 Å². The lowest BCUT2D eigenvalue weighted by Crippen LogP contribution is -2.34. The summed E-state index contributed by atoms with van der Waals surface area (Å²) in [6, 6.07) is 2.99. The zero-order chi connectivity index (χ0) is 15.1. The van der Waals surface area contributed by atoms with Crippen molar-refractivity contribution in [2.45, 2.75) is 39.2 Å². The van der Waals surface area contributed by atoms with Crippen molar-refractivity contribution in [1.82, 2.24) is 14.7 Å². The second-order valence-electron chi connectivity index (χ2n) is 5.65. The van der Waals surface area contributed by atoms with E-state index in [1.165, 1.54) is 16.7 Å². The van der Waals surface area contributed by atoms with E-state index in [-0.39, 0.29) is 23.3 Å². The molecule has 1 atom stereocenters. The van der Waals surface area contributed by atoms with Crippen molar-refractivity contribution in [2.24, 2.45) is 5.92 Å². The van der Waals surface area contributed by atoms with E-state index >= 15 is 0 Å². The van der Waals surface area contributed by atoms with Crippen molar-refractivity contribution < 1.29 is 13.6 Å². The van der Waals surface area contributed by atoms with Crippen LogP contribution in [0.5, 0.6) is 0 Å². The monoisotopic (exact) mass is 293 g/mol. The van der Waals surface area contributed by atoms with Gasteiger partial charge < -0.3 is 5.32 Å². The van der Waals surface area contributed by atoms with Gasteiger partial charge in [-0.1, -0.05) is 0 Å². The second kappa shape index (κ2) is 5.09. The van der Waals surface area contributed by atoms with Crippen LogP contribution in [-0.2, 0) is 0 Å². The fourth-order valence-electron chi connectivity index (χ4n) is 2.57. The van der Waals surface area contributed by atoms with Crippen molar-refractivity contribution in [3.8, 4) is 0 Å². The lowest BCUT2D eigenvalue weighted by Gasteiger charge is -2.12. The Labute approximate surface area is 121 Å².